The van der Waals surface area contributed by atoms with E-state index >= 15 is 0 Å². The van der Waals surface area contributed by atoms with Crippen LogP contribution in [0.4, 0.5) is 0 Å². The van der Waals surface area contributed by atoms with Gasteiger partial charge in [-0.25, -0.2) is 0 Å². The third-order valence-corrected chi connectivity index (χ3v) is 4.08. The molecule has 1 unspecified atom stereocenters. The zero-order valence-corrected chi connectivity index (χ0v) is 11.0. The third kappa shape index (κ3) is 3.18. The summed E-state index contributed by atoms with van der Waals surface area (Å²) in [5.41, 5.74) is 0.284. The molecule has 1 aliphatic rings. The van der Waals surface area contributed by atoms with E-state index in [1.807, 2.05) is 0 Å². The predicted octanol–water partition coefficient (Wildman–Crippen LogP) is 2.66. The molecule has 15 heavy (non-hydrogen) atoms. The molecule has 0 aromatic rings. The molecule has 0 aliphatic heterocycles. The van der Waals surface area contributed by atoms with E-state index in [9.17, 15) is 5.11 Å². The van der Waals surface area contributed by atoms with Crippen molar-refractivity contribution >= 4 is 0 Å². The smallest absolute Gasteiger partial charge is 0.0695 e. The Morgan fingerprint density at radius 1 is 1.20 bits per heavy atom. The van der Waals surface area contributed by atoms with E-state index < -0.39 is 0 Å². The number of hydrogen-bond donors (Lipinski definition) is 1. The first-order valence-corrected chi connectivity index (χ1v) is 6.24. The first-order chi connectivity index (χ1) is 6.84. The minimum atomic E-state index is -0.117. The SMILES string of the molecule is CC(N(C)[C@@H]1CCCC[C@H]1O)C(C)(C)C. The second kappa shape index (κ2) is 4.84. The molecule has 1 fully saturated rings. The summed E-state index contributed by atoms with van der Waals surface area (Å²) in [6.45, 7) is 9.07. The van der Waals surface area contributed by atoms with Crippen LogP contribution in [0.1, 0.15) is 53.4 Å². The van der Waals surface area contributed by atoms with Gasteiger partial charge in [0.05, 0.1) is 6.10 Å². The van der Waals surface area contributed by atoms with E-state index in [0.29, 0.717) is 12.1 Å². The average Bonchev–Trinajstić information content (AvgIpc) is 2.15. The molecule has 0 spiro atoms. The van der Waals surface area contributed by atoms with Crippen molar-refractivity contribution in [3.8, 4) is 0 Å². The fourth-order valence-electron chi connectivity index (χ4n) is 2.46. The summed E-state index contributed by atoms with van der Waals surface area (Å²) in [6, 6.07) is 0.878. The van der Waals surface area contributed by atoms with Gasteiger partial charge in [-0.15, -0.1) is 0 Å². The maximum absolute atomic E-state index is 10.0. The molecule has 1 N–H and O–H groups in total. The van der Waals surface area contributed by atoms with Crippen molar-refractivity contribution in [2.45, 2.75) is 71.6 Å². The Morgan fingerprint density at radius 2 is 1.73 bits per heavy atom. The highest BCUT2D eigenvalue weighted by Gasteiger charge is 2.33. The molecular weight excluding hydrogens is 186 g/mol. The van der Waals surface area contributed by atoms with Crippen LogP contribution < -0.4 is 0 Å². The van der Waals surface area contributed by atoms with Gasteiger partial charge in [-0.05, 0) is 32.2 Å². The van der Waals surface area contributed by atoms with E-state index in [2.05, 4.69) is 39.6 Å². The fourth-order valence-corrected chi connectivity index (χ4v) is 2.46. The maximum atomic E-state index is 10.0. The van der Waals surface area contributed by atoms with Crippen LogP contribution in [-0.2, 0) is 0 Å². The lowest BCUT2D eigenvalue weighted by Crippen LogP contribution is -2.51. The lowest BCUT2D eigenvalue weighted by atomic mass is 9.84. The Labute approximate surface area is 94.7 Å². The monoisotopic (exact) mass is 213 g/mol. The van der Waals surface area contributed by atoms with Crippen LogP contribution >= 0.6 is 0 Å². The number of rotatable bonds is 2. The standard InChI is InChI=1S/C13H27NO/c1-10(13(2,3)4)14(5)11-8-6-7-9-12(11)15/h10-12,15H,6-9H2,1-5H3/t10?,11-,12-/m1/s1. The Hall–Kier alpha value is -0.0800. The second-order valence-electron chi connectivity index (χ2n) is 6.13. The highest BCUT2D eigenvalue weighted by Crippen LogP contribution is 2.29. The number of aliphatic hydroxyl groups excluding tert-OH is 1. The molecule has 0 aromatic carbocycles. The maximum Gasteiger partial charge on any atom is 0.0695 e. The number of aliphatic hydroxyl groups is 1. The zero-order chi connectivity index (χ0) is 11.6. The Bertz CT molecular complexity index is 197. The first kappa shape index (κ1) is 13.0. The van der Waals surface area contributed by atoms with E-state index in [-0.39, 0.29) is 11.5 Å². The lowest BCUT2D eigenvalue weighted by Gasteiger charge is -2.43. The van der Waals surface area contributed by atoms with Crippen LogP contribution in [0.5, 0.6) is 0 Å². The summed E-state index contributed by atoms with van der Waals surface area (Å²) < 4.78 is 0. The molecule has 1 rings (SSSR count). The predicted molar refractivity (Wildman–Crippen MR) is 64.9 cm³/mol. The molecule has 90 valence electrons. The molecular formula is C13H27NO. The molecule has 0 aromatic heterocycles. The molecule has 2 heteroatoms. The Kier molecular flexibility index (Phi) is 4.19. The second-order valence-corrected chi connectivity index (χ2v) is 6.13. The van der Waals surface area contributed by atoms with Gasteiger partial charge in [-0.3, -0.25) is 4.90 Å². The Balaban J connectivity index is 2.62. The van der Waals surface area contributed by atoms with E-state index in [1.54, 1.807) is 0 Å². The van der Waals surface area contributed by atoms with Crippen LogP contribution in [0.25, 0.3) is 0 Å². The topological polar surface area (TPSA) is 23.5 Å². The van der Waals surface area contributed by atoms with Crippen molar-refractivity contribution in [3.05, 3.63) is 0 Å². The molecule has 1 aliphatic carbocycles. The molecule has 1 saturated carbocycles. The molecule has 2 nitrogen and oxygen atoms in total. The van der Waals surface area contributed by atoms with Gasteiger partial charge in [0.1, 0.15) is 0 Å². The molecule has 0 bridgehead atoms. The quantitative estimate of drug-likeness (QED) is 0.762. The largest absolute Gasteiger partial charge is 0.391 e. The van der Waals surface area contributed by atoms with Crippen LogP contribution in [0.2, 0.25) is 0 Å². The van der Waals surface area contributed by atoms with Gasteiger partial charge in [0, 0.05) is 12.1 Å². The molecule has 0 radical (unpaired) electrons. The summed E-state index contributed by atoms with van der Waals surface area (Å²) in [7, 11) is 2.16. The van der Waals surface area contributed by atoms with Gasteiger partial charge in [0.25, 0.3) is 0 Å². The average molecular weight is 213 g/mol. The van der Waals surface area contributed by atoms with Crippen LogP contribution in [0.3, 0.4) is 0 Å². The van der Waals surface area contributed by atoms with E-state index in [4.69, 9.17) is 0 Å². The summed E-state index contributed by atoms with van der Waals surface area (Å²) in [5, 5.41) is 10.0. The normalized spacial score (nSPS) is 30.6. The summed E-state index contributed by atoms with van der Waals surface area (Å²) in [6.07, 6.45) is 4.47. The van der Waals surface area contributed by atoms with Crippen LogP contribution in [0.15, 0.2) is 0 Å². The number of likely N-dealkylation sites (N-methyl/N-ethyl adjacent to an activating group) is 1. The van der Waals surface area contributed by atoms with Crippen molar-refractivity contribution in [1.29, 1.82) is 0 Å². The zero-order valence-electron chi connectivity index (χ0n) is 11.0. The summed E-state index contributed by atoms with van der Waals surface area (Å²) in [5.74, 6) is 0. The van der Waals surface area contributed by atoms with Gasteiger partial charge >= 0.3 is 0 Å². The van der Waals surface area contributed by atoms with Gasteiger partial charge < -0.3 is 5.11 Å². The van der Waals surface area contributed by atoms with E-state index in [1.165, 1.54) is 12.8 Å². The van der Waals surface area contributed by atoms with Gasteiger partial charge in [0.2, 0.25) is 0 Å². The molecule has 3 atom stereocenters. The van der Waals surface area contributed by atoms with E-state index in [0.717, 1.165) is 12.8 Å². The fraction of sp³-hybridized carbons (Fsp3) is 1.00. The lowest BCUT2D eigenvalue weighted by molar-refractivity contribution is -0.00725. The number of nitrogens with zero attached hydrogens (tertiary/aromatic N) is 1. The van der Waals surface area contributed by atoms with Crippen molar-refractivity contribution in [2.24, 2.45) is 5.41 Å². The first-order valence-electron chi connectivity index (χ1n) is 6.24. The molecule has 0 heterocycles. The molecule has 0 amide bonds. The highest BCUT2D eigenvalue weighted by atomic mass is 16.3. The van der Waals surface area contributed by atoms with Crippen LogP contribution in [-0.4, -0.2) is 35.2 Å². The third-order valence-electron chi connectivity index (χ3n) is 4.08. The van der Waals surface area contributed by atoms with Gasteiger partial charge in [-0.1, -0.05) is 33.6 Å². The summed E-state index contributed by atoms with van der Waals surface area (Å²) in [4.78, 5) is 2.38. The van der Waals surface area contributed by atoms with Crippen molar-refractivity contribution in [2.75, 3.05) is 7.05 Å². The van der Waals surface area contributed by atoms with Crippen molar-refractivity contribution in [3.63, 3.8) is 0 Å². The minimum Gasteiger partial charge on any atom is -0.391 e. The molecule has 0 saturated heterocycles. The highest BCUT2D eigenvalue weighted by molar-refractivity contribution is 4.87. The van der Waals surface area contributed by atoms with Crippen molar-refractivity contribution < 1.29 is 5.11 Å². The summed E-state index contributed by atoms with van der Waals surface area (Å²) >= 11 is 0. The Morgan fingerprint density at radius 3 is 2.20 bits per heavy atom. The van der Waals surface area contributed by atoms with Crippen molar-refractivity contribution in [1.82, 2.24) is 4.90 Å². The van der Waals surface area contributed by atoms with Crippen LogP contribution in [0, 0.1) is 5.41 Å². The van der Waals surface area contributed by atoms with Gasteiger partial charge in [-0.2, -0.15) is 0 Å². The number of hydrogen-bond acceptors (Lipinski definition) is 2. The van der Waals surface area contributed by atoms with Gasteiger partial charge in [0.15, 0.2) is 0 Å². The minimum absolute atomic E-state index is 0.117.